The molecule has 26 heavy (non-hydrogen) atoms. The molecule has 1 amide bonds. The lowest BCUT2D eigenvalue weighted by Gasteiger charge is -2.29. The number of benzene rings is 1. The van der Waals surface area contributed by atoms with Gasteiger partial charge < -0.3 is 14.6 Å². The van der Waals surface area contributed by atoms with E-state index in [9.17, 15) is 14.7 Å². The molecule has 0 radical (unpaired) electrons. The number of carbonyl (C=O) groups is 2. The lowest BCUT2D eigenvalue weighted by molar-refractivity contribution is -0.160. The van der Waals surface area contributed by atoms with Gasteiger partial charge in [-0.05, 0) is 47.1 Å². The first kappa shape index (κ1) is 20.2. The maximum absolute atomic E-state index is 12.7. The van der Waals surface area contributed by atoms with Gasteiger partial charge in [0.1, 0.15) is 22.8 Å². The number of ether oxygens (including phenoxy) is 2. The predicted octanol–water partition coefficient (Wildman–Crippen LogP) is 3.23. The van der Waals surface area contributed by atoms with E-state index in [0.717, 1.165) is 0 Å². The van der Waals surface area contributed by atoms with Gasteiger partial charge in [-0.3, -0.25) is 4.90 Å². The molecular weight excluding hydrogens is 334 g/mol. The molecule has 1 aromatic rings. The molecule has 0 unspecified atom stereocenters. The minimum atomic E-state index is -1.33. The van der Waals surface area contributed by atoms with Gasteiger partial charge in [0.05, 0.1) is 6.54 Å². The second kappa shape index (κ2) is 6.91. The molecule has 6 heteroatoms. The largest absolute Gasteiger partial charge is 0.458 e. The summed E-state index contributed by atoms with van der Waals surface area (Å²) in [5, 5.41) is 11.1. The van der Waals surface area contributed by atoms with Crippen LogP contribution in [0, 0.1) is 0 Å². The number of carbonyl (C=O) groups excluding carboxylic acids is 2. The number of esters is 1. The number of hydrogen-bond donors (Lipinski definition) is 1. The van der Waals surface area contributed by atoms with Gasteiger partial charge in [-0.15, -0.1) is 0 Å². The Labute approximate surface area is 155 Å². The number of rotatable bonds is 2. The summed E-state index contributed by atoms with van der Waals surface area (Å²) in [7, 11) is 0. The highest BCUT2D eigenvalue weighted by atomic mass is 16.6. The highest BCUT2D eigenvalue weighted by Gasteiger charge is 2.51. The molecule has 1 aromatic carbocycles. The van der Waals surface area contributed by atoms with Crippen LogP contribution in [-0.2, 0) is 19.9 Å². The van der Waals surface area contributed by atoms with Crippen LogP contribution in [0.3, 0.4) is 0 Å². The molecule has 0 bridgehead atoms. The summed E-state index contributed by atoms with van der Waals surface area (Å²) in [6.45, 7) is 10.5. The van der Waals surface area contributed by atoms with Gasteiger partial charge in [0, 0.05) is 6.42 Å². The van der Waals surface area contributed by atoms with Crippen LogP contribution in [0.25, 0.3) is 0 Å². The maximum Gasteiger partial charge on any atom is 0.411 e. The fourth-order valence-electron chi connectivity index (χ4n) is 2.94. The molecule has 1 saturated heterocycles. The monoisotopic (exact) mass is 363 g/mol. The quantitative estimate of drug-likeness (QED) is 0.817. The number of hydrogen-bond acceptors (Lipinski definition) is 5. The van der Waals surface area contributed by atoms with Crippen LogP contribution in [0.5, 0.6) is 0 Å². The van der Waals surface area contributed by atoms with Gasteiger partial charge in [0.2, 0.25) is 0 Å². The van der Waals surface area contributed by atoms with E-state index in [4.69, 9.17) is 9.47 Å². The van der Waals surface area contributed by atoms with E-state index in [1.54, 1.807) is 53.7 Å². The van der Waals surface area contributed by atoms with Crippen LogP contribution in [-0.4, -0.2) is 45.9 Å². The Hall–Kier alpha value is -2.08. The van der Waals surface area contributed by atoms with Crippen LogP contribution < -0.4 is 0 Å². The van der Waals surface area contributed by atoms with Crippen molar-refractivity contribution in [3.05, 3.63) is 35.9 Å². The van der Waals surface area contributed by atoms with Crippen molar-refractivity contribution in [1.29, 1.82) is 0 Å². The lowest BCUT2D eigenvalue weighted by atomic mass is 9.91. The van der Waals surface area contributed by atoms with Crippen molar-refractivity contribution in [2.24, 2.45) is 0 Å². The lowest BCUT2D eigenvalue weighted by Crippen LogP contribution is -2.45. The molecule has 6 nitrogen and oxygen atoms in total. The van der Waals surface area contributed by atoms with Gasteiger partial charge >= 0.3 is 12.1 Å². The Morgan fingerprint density at radius 2 is 1.58 bits per heavy atom. The first-order valence-electron chi connectivity index (χ1n) is 8.81. The van der Waals surface area contributed by atoms with E-state index < -0.39 is 34.9 Å². The molecule has 144 valence electrons. The molecule has 0 aromatic heterocycles. The Bertz CT molecular complexity index is 621. The zero-order valence-corrected chi connectivity index (χ0v) is 16.4. The second-order valence-electron chi connectivity index (χ2n) is 8.76. The Morgan fingerprint density at radius 1 is 1.04 bits per heavy atom. The Balaban J connectivity index is 2.32. The molecule has 1 N–H and O–H groups in total. The van der Waals surface area contributed by atoms with Crippen LogP contribution in [0.1, 0.15) is 53.5 Å². The number of nitrogens with zero attached hydrogens (tertiary/aromatic N) is 1. The third kappa shape index (κ3) is 4.97. The van der Waals surface area contributed by atoms with E-state index in [0.29, 0.717) is 5.56 Å². The van der Waals surface area contributed by atoms with Crippen molar-refractivity contribution in [1.82, 2.24) is 4.90 Å². The van der Waals surface area contributed by atoms with Crippen LogP contribution >= 0.6 is 0 Å². The molecule has 1 heterocycles. The van der Waals surface area contributed by atoms with E-state index >= 15 is 0 Å². The Morgan fingerprint density at radius 3 is 2.08 bits per heavy atom. The topological polar surface area (TPSA) is 76.1 Å². The smallest absolute Gasteiger partial charge is 0.411 e. The molecular formula is C20H29NO5. The molecule has 1 aliphatic rings. The number of amides is 1. The van der Waals surface area contributed by atoms with Crippen molar-refractivity contribution >= 4 is 12.1 Å². The van der Waals surface area contributed by atoms with E-state index in [1.165, 1.54) is 4.90 Å². The number of likely N-dealkylation sites (tertiary alicyclic amines) is 1. The summed E-state index contributed by atoms with van der Waals surface area (Å²) in [6, 6.07) is 8.13. The zero-order chi connectivity index (χ0) is 19.8. The molecule has 1 aliphatic heterocycles. The second-order valence-corrected chi connectivity index (χ2v) is 8.76. The highest BCUT2D eigenvalue weighted by molar-refractivity contribution is 5.83. The number of β-amino-alcohol motifs (C(OH)–C–C–N with tert-alkyl or cyclic N) is 1. The van der Waals surface area contributed by atoms with E-state index in [1.807, 2.05) is 18.2 Å². The van der Waals surface area contributed by atoms with Gasteiger partial charge in [0.25, 0.3) is 0 Å². The summed E-state index contributed by atoms with van der Waals surface area (Å²) in [6.07, 6.45) is -0.578. The summed E-state index contributed by atoms with van der Waals surface area (Å²) < 4.78 is 10.9. The zero-order valence-electron chi connectivity index (χ0n) is 16.4. The van der Waals surface area contributed by atoms with Crippen molar-refractivity contribution in [3.8, 4) is 0 Å². The fourth-order valence-corrected chi connectivity index (χ4v) is 2.94. The van der Waals surface area contributed by atoms with Crippen molar-refractivity contribution in [2.75, 3.05) is 6.54 Å². The third-order valence-electron chi connectivity index (χ3n) is 3.96. The fraction of sp³-hybridized carbons (Fsp3) is 0.600. The summed E-state index contributed by atoms with van der Waals surface area (Å²) in [4.78, 5) is 26.6. The molecule has 1 fully saturated rings. The summed E-state index contributed by atoms with van der Waals surface area (Å²) in [5.41, 5.74) is -2.08. The molecule has 0 spiro atoms. The van der Waals surface area contributed by atoms with Gasteiger partial charge in [0.15, 0.2) is 0 Å². The van der Waals surface area contributed by atoms with E-state index in [-0.39, 0.29) is 13.0 Å². The maximum atomic E-state index is 12.7. The predicted molar refractivity (Wildman–Crippen MR) is 97.5 cm³/mol. The normalized spacial score (nSPS) is 23.7. The standard InChI is InChI=1S/C20H29NO5/c1-18(2,3)25-16(22)15-12-20(24,14-10-8-7-9-11-14)13-21(15)17(23)26-19(4,5)6/h7-11,15,24H,12-13H2,1-6H3/t15-,20-/m0/s1. The average molecular weight is 363 g/mol. The number of aliphatic hydroxyl groups is 1. The first-order valence-corrected chi connectivity index (χ1v) is 8.81. The van der Waals surface area contributed by atoms with Crippen molar-refractivity contribution in [2.45, 2.75) is 70.8 Å². The van der Waals surface area contributed by atoms with Gasteiger partial charge in [-0.25, -0.2) is 9.59 Å². The van der Waals surface area contributed by atoms with Crippen molar-refractivity contribution < 1.29 is 24.2 Å². The first-order chi connectivity index (χ1) is 11.8. The van der Waals surface area contributed by atoms with E-state index in [2.05, 4.69) is 0 Å². The minimum Gasteiger partial charge on any atom is -0.458 e. The molecule has 0 saturated carbocycles. The van der Waals surface area contributed by atoms with Gasteiger partial charge in [-0.1, -0.05) is 30.3 Å². The molecule has 0 aliphatic carbocycles. The third-order valence-corrected chi connectivity index (χ3v) is 3.96. The van der Waals surface area contributed by atoms with Crippen molar-refractivity contribution in [3.63, 3.8) is 0 Å². The van der Waals surface area contributed by atoms with Crippen LogP contribution in [0.2, 0.25) is 0 Å². The minimum absolute atomic E-state index is 0.0319. The summed E-state index contributed by atoms with van der Waals surface area (Å²) in [5.74, 6) is -0.546. The van der Waals surface area contributed by atoms with Gasteiger partial charge in [-0.2, -0.15) is 0 Å². The average Bonchev–Trinajstić information content (AvgIpc) is 2.85. The highest BCUT2D eigenvalue weighted by Crippen LogP contribution is 2.37. The summed E-state index contributed by atoms with van der Waals surface area (Å²) >= 11 is 0. The SMILES string of the molecule is CC(C)(C)OC(=O)[C@@H]1C[C@@](O)(c2ccccc2)CN1C(=O)OC(C)(C)C. The molecule has 2 rings (SSSR count). The van der Waals surface area contributed by atoms with Crippen LogP contribution in [0.15, 0.2) is 30.3 Å². The molecule has 2 atom stereocenters. The van der Waals surface area contributed by atoms with Crippen LogP contribution in [0.4, 0.5) is 4.79 Å². The Kier molecular flexibility index (Phi) is 5.38.